The van der Waals surface area contributed by atoms with Crippen molar-refractivity contribution < 1.29 is 9.53 Å². The van der Waals surface area contributed by atoms with Gasteiger partial charge in [-0.25, -0.2) is 0 Å². The van der Waals surface area contributed by atoms with E-state index in [-0.39, 0.29) is 24.0 Å². The third kappa shape index (κ3) is 3.31. The van der Waals surface area contributed by atoms with Gasteiger partial charge in [-0.3, -0.25) is 4.79 Å². The maximum absolute atomic E-state index is 11.4. The molecule has 1 heterocycles. The Morgan fingerprint density at radius 1 is 1.40 bits per heavy atom. The molecule has 0 fully saturated rings. The first-order valence-electron chi connectivity index (χ1n) is 7.22. The van der Waals surface area contributed by atoms with Crippen LogP contribution in [0.5, 0.6) is 5.75 Å². The molecule has 0 spiro atoms. The highest BCUT2D eigenvalue weighted by atomic mass is 16.5. The largest absolute Gasteiger partial charge is 0.482 e. The van der Waals surface area contributed by atoms with Gasteiger partial charge in [0.25, 0.3) is 5.91 Å². The predicted molar refractivity (Wildman–Crippen MR) is 81.1 cm³/mol. The van der Waals surface area contributed by atoms with Gasteiger partial charge in [0.2, 0.25) is 0 Å². The number of carbonyl (C=O) groups excluding carboxylic acids is 1. The van der Waals surface area contributed by atoms with E-state index in [4.69, 9.17) is 4.74 Å². The van der Waals surface area contributed by atoms with Crippen LogP contribution in [-0.2, 0) is 4.79 Å². The Balaban J connectivity index is 2.29. The van der Waals surface area contributed by atoms with Crippen molar-refractivity contribution in [2.45, 2.75) is 40.2 Å². The first-order valence-corrected chi connectivity index (χ1v) is 7.22. The van der Waals surface area contributed by atoms with Crippen LogP contribution < -0.4 is 15.4 Å². The van der Waals surface area contributed by atoms with Gasteiger partial charge in [0.15, 0.2) is 6.61 Å². The van der Waals surface area contributed by atoms with E-state index < -0.39 is 0 Å². The van der Waals surface area contributed by atoms with Crippen molar-refractivity contribution >= 4 is 11.6 Å². The molecule has 2 N–H and O–H groups in total. The monoisotopic (exact) mass is 276 g/mol. The van der Waals surface area contributed by atoms with Crippen LogP contribution in [0.4, 0.5) is 5.69 Å². The summed E-state index contributed by atoms with van der Waals surface area (Å²) in [5, 5.41) is 6.46. The molecule has 4 nitrogen and oxygen atoms in total. The lowest BCUT2D eigenvalue weighted by molar-refractivity contribution is -0.118. The van der Waals surface area contributed by atoms with Crippen molar-refractivity contribution in [1.29, 1.82) is 0 Å². The smallest absolute Gasteiger partial charge is 0.262 e. The molecule has 1 atom stereocenters. The highest BCUT2D eigenvalue weighted by molar-refractivity contribution is 5.95. The number of nitrogens with one attached hydrogen (secondary N) is 2. The Bertz CT molecular complexity index is 492. The fourth-order valence-corrected chi connectivity index (χ4v) is 2.49. The molecular formula is C16H24N2O2. The molecule has 0 aliphatic carbocycles. The standard InChI is InChI=1S/C16H24N2O2/c1-5-8-17-15(16(2,3)4)11-6-7-13-12(9-11)18-14(19)10-20-13/h6-7,9,15,17H,5,8,10H2,1-4H3,(H,18,19). The Kier molecular flexibility index (Phi) is 4.33. The van der Waals surface area contributed by atoms with Gasteiger partial charge in [-0.2, -0.15) is 0 Å². The lowest BCUT2D eigenvalue weighted by Gasteiger charge is -2.33. The predicted octanol–water partition coefficient (Wildman–Crippen LogP) is 3.10. The van der Waals surface area contributed by atoms with E-state index in [0.717, 1.165) is 24.4 Å². The molecule has 1 unspecified atom stereocenters. The maximum Gasteiger partial charge on any atom is 0.262 e. The highest BCUT2D eigenvalue weighted by Gasteiger charge is 2.27. The van der Waals surface area contributed by atoms with Gasteiger partial charge < -0.3 is 15.4 Å². The number of ether oxygens (including phenoxy) is 1. The summed E-state index contributed by atoms with van der Waals surface area (Å²) in [6.45, 7) is 9.89. The van der Waals surface area contributed by atoms with E-state index in [9.17, 15) is 4.79 Å². The summed E-state index contributed by atoms with van der Waals surface area (Å²) < 4.78 is 5.40. The molecule has 1 aliphatic rings. The normalized spacial score (nSPS) is 16.1. The summed E-state index contributed by atoms with van der Waals surface area (Å²) in [5.41, 5.74) is 2.05. The number of hydrogen-bond donors (Lipinski definition) is 2. The zero-order valence-electron chi connectivity index (χ0n) is 12.7. The number of fused-ring (bicyclic) bond motifs is 1. The van der Waals surface area contributed by atoms with Crippen LogP contribution in [0.25, 0.3) is 0 Å². The maximum atomic E-state index is 11.4. The summed E-state index contributed by atoms with van der Waals surface area (Å²) in [6, 6.07) is 6.28. The molecule has 1 amide bonds. The van der Waals surface area contributed by atoms with E-state index in [0.29, 0.717) is 0 Å². The second-order valence-corrected chi connectivity index (χ2v) is 6.35. The topological polar surface area (TPSA) is 50.4 Å². The number of hydrogen-bond acceptors (Lipinski definition) is 3. The van der Waals surface area contributed by atoms with Gasteiger partial charge in [0.1, 0.15) is 5.75 Å². The molecule has 1 aliphatic heterocycles. The molecule has 1 aromatic rings. The minimum absolute atomic E-state index is 0.0940. The van der Waals surface area contributed by atoms with Crippen molar-refractivity contribution in [2.24, 2.45) is 5.41 Å². The van der Waals surface area contributed by atoms with Crippen molar-refractivity contribution in [3.63, 3.8) is 0 Å². The summed E-state index contributed by atoms with van der Waals surface area (Å²) in [4.78, 5) is 11.4. The molecule has 1 aromatic carbocycles. The summed E-state index contributed by atoms with van der Waals surface area (Å²) in [5.74, 6) is 0.653. The first-order chi connectivity index (χ1) is 9.41. The first kappa shape index (κ1) is 14.9. The average molecular weight is 276 g/mol. The van der Waals surface area contributed by atoms with Crippen LogP contribution in [0.15, 0.2) is 18.2 Å². The number of benzene rings is 1. The fraction of sp³-hybridized carbons (Fsp3) is 0.562. The highest BCUT2D eigenvalue weighted by Crippen LogP contribution is 2.37. The van der Waals surface area contributed by atoms with Gasteiger partial charge >= 0.3 is 0 Å². The molecule has 110 valence electrons. The minimum Gasteiger partial charge on any atom is -0.482 e. The molecule has 4 heteroatoms. The van der Waals surface area contributed by atoms with Crippen molar-refractivity contribution in [3.8, 4) is 5.75 Å². The Morgan fingerprint density at radius 2 is 2.15 bits per heavy atom. The van der Waals surface area contributed by atoms with Gasteiger partial charge in [-0.15, -0.1) is 0 Å². The third-order valence-corrected chi connectivity index (χ3v) is 3.43. The second kappa shape index (κ2) is 5.83. The molecular weight excluding hydrogens is 252 g/mol. The zero-order chi connectivity index (χ0) is 14.8. The Morgan fingerprint density at radius 3 is 2.80 bits per heavy atom. The minimum atomic E-state index is -0.0940. The lowest BCUT2D eigenvalue weighted by Crippen LogP contribution is -2.33. The molecule has 0 saturated carbocycles. The summed E-state index contributed by atoms with van der Waals surface area (Å²) in [6.07, 6.45) is 1.09. The number of anilines is 1. The summed E-state index contributed by atoms with van der Waals surface area (Å²) >= 11 is 0. The molecule has 0 bridgehead atoms. The van der Waals surface area contributed by atoms with Crippen molar-refractivity contribution in [3.05, 3.63) is 23.8 Å². The van der Waals surface area contributed by atoms with Gasteiger partial charge in [-0.1, -0.05) is 33.8 Å². The average Bonchev–Trinajstić information content (AvgIpc) is 2.37. The van der Waals surface area contributed by atoms with Crippen LogP contribution in [0.2, 0.25) is 0 Å². The van der Waals surface area contributed by atoms with Gasteiger partial charge in [0.05, 0.1) is 5.69 Å². The second-order valence-electron chi connectivity index (χ2n) is 6.35. The molecule has 2 rings (SSSR count). The van der Waals surface area contributed by atoms with Crippen LogP contribution in [0.1, 0.15) is 45.7 Å². The SMILES string of the molecule is CCCNC(c1ccc2c(c1)NC(=O)CO2)C(C)(C)C. The van der Waals surface area contributed by atoms with Gasteiger partial charge in [-0.05, 0) is 36.1 Å². The van der Waals surface area contributed by atoms with E-state index in [2.05, 4.69) is 44.4 Å². The van der Waals surface area contributed by atoms with E-state index in [1.165, 1.54) is 5.56 Å². The van der Waals surface area contributed by atoms with Crippen LogP contribution >= 0.6 is 0 Å². The number of rotatable bonds is 4. The van der Waals surface area contributed by atoms with Gasteiger partial charge in [0, 0.05) is 6.04 Å². The van der Waals surface area contributed by atoms with E-state index in [1.54, 1.807) is 0 Å². The molecule has 20 heavy (non-hydrogen) atoms. The quantitative estimate of drug-likeness (QED) is 0.888. The Hall–Kier alpha value is -1.55. The Labute approximate surface area is 120 Å². The number of carbonyl (C=O) groups is 1. The van der Waals surface area contributed by atoms with E-state index in [1.807, 2.05) is 12.1 Å². The van der Waals surface area contributed by atoms with Crippen LogP contribution in [0.3, 0.4) is 0 Å². The van der Waals surface area contributed by atoms with E-state index >= 15 is 0 Å². The van der Waals surface area contributed by atoms with Crippen LogP contribution in [-0.4, -0.2) is 19.1 Å². The molecule has 0 radical (unpaired) electrons. The van der Waals surface area contributed by atoms with Crippen molar-refractivity contribution in [1.82, 2.24) is 5.32 Å². The zero-order valence-corrected chi connectivity index (χ0v) is 12.7. The fourth-order valence-electron chi connectivity index (χ4n) is 2.49. The summed E-state index contributed by atoms with van der Waals surface area (Å²) in [7, 11) is 0. The van der Waals surface area contributed by atoms with Crippen molar-refractivity contribution in [2.75, 3.05) is 18.5 Å². The lowest BCUT2D eigenvalue weighted by atomic mass is 9.82. The molecule has 0 aromatic heterocycles. The number of amides is 1. The third-order valence-electron chi connectivity index (χ3n) is 3.43. The molecule has 0 saturated heterocycles. The van der Waals surface area contributed by atoms with Crippen LogP contribution in [0, 0.1) is 5.41 Å².